The van der Waals surface area contributed by atoms with E-state index < -0.39 is 11.6 Å². The number of nitriles is 1. The number of benzene rings is 2. The van der Waals surface area contributed by atoms with E-state index in [1.807, 2.05) is 6.07 Å². The molecule has 0 aliphatic heterocycles. The second-order valence-electron chi connectivity index (χ2n) is 6.24. The Hall–Kier alpha value is -2.87. The molecule has 1 heterocycles. The van der Waals surface area contributed by atoms with Crippen LogP contribution in [0.15, 0.2) is 54.1 Å². The lowest BCUT2D eigenvalue weighted by molar-refractivity contribution is 0.103. The first kappa shape index (κ1) is 19.9. The van der Waals surface area contributed by atoms with Gasteiger partial charge in [0.05, 0.1) is 15.7 Å². The van der Waals surface area contributed by atoms with Gasteiger partial charge in [-0.05, 0) is 55.8 Å². The van der Waals surface area contributed by atoms with Crippen molar-refractivity contribution in [2.45, 2.75) is 13.8 Å². The first-order valence-corrected chi connectivity index (χ1v) is 9.14. The van der Waals surface area contributed by atoms with Crippen LogP contribution in [0.1, 0.15) is 27.3 Å². The van der Waals surface area contributed by atoms with E-state index in [-0.39, 0.29) is 5.57 Å². The molecule has 0 atom stereocenters. The topological polar surface area (TPSA) is 45.8 Å². The quantitative estimate of drug-likeness (QED) is 0.285. The smallest absolute Gasteiger partial charge is 0.205 e. The predicted molar refractivity (Wildman–Crippen MR) is 110 cm³/mol. The Kier molecular flexibility index (Phi) is 5.69. The minimum atomic E-state index is -0.440. The number of hydrogen-bond donors (Lipinski definition) is 0. The van der Waals surface area contributed by atoms with Gasteiger partial charge in [0, 0.05) is 17.0 Å². The van der Waals surface area contributed by atoms with Crippen molar-refractivity contribution in [1.82, 2.24) is 4.57 Å². The van der Waals surface area contributed by atoms with Crippen molar-refractivity contribution in [3.05, 3.63) is 92.5 Å². The largest absolute Gasteiger partial charge is 0.315 e. The fourth-order valence-corrected chi connectivity index (χ4v) is 3.37. The van der Waals surface area contributed by atoms with E-state index >= 15 is 0 Å². The van der Waals surface area contributed by atoms with E-state index in [0.29, 0.717) is 38.2 Å². The van der Waals surface area contributed by atoms with Gasteiger partial charge in [-0.3, -0.25) is 4.79 Å². The summed E-state index contributed by atoms with van der Waals surface area (Å²) in [5, 5.41) is 10.2. The average Bonchev–Trinajstić information content (AvgIpc) is 2.97. The molecule has 3 rings (SSSR count). The Labute approximate surface area is 172 Å². The molecule has 0 unspecified atom stereocenters. The highest BCUT2D eigenvalue weighted by molar-refractivity contribution is 6.42. The zero-order valence-electron chi connectivity index (χ0n) is 15.1. The van der Waals surface area contributed by atoms with Crippen molar-refractivity contribution in [3.8, 4) is 11.8 Å². The van der Waals surface area contributed by atoms with Gasteiger partial charge in [0.25, 0.3) is 0 Å². The Morgan fingerprint density at radius 1 is 1.11 bits per heavy atom. The van der Waals surface area contributed by atoms with Crippen LogP contribution in [0.25, 0.3) is 11.8 Å². The van der Waals surface area contributed by atoms with Crippen LogP contribution in [-0.2, 0) is 0 Å². The van der Waals surface area contributed by atoms with E-state index in [2.05, 4.69) is 0 Å². The molecular weight excluding hydrogens is 398 g/mol. The fraction of sp³-hybridized carbons (Fsp3) is 0.0909. The maximum absolute atomic E-state index is 14.2. The molecule has 0 radical (unpaired) electrons. The number of para-hydroxylation sites is 1. The predicted octanol–water partition coefficient (Wildman–Crippen LogP) is 6.33. The number of ketones is 1. The van der Waals surface area contributed by atoms with Crippen LogP contribution in [0.4, 0.5) is 4.39 Å². The van der Waals surface area contributed by atoms with Gasteiger partial charge in [-0.15, -0.1) is 0 Å². The molecular formula is C22H15Cl2FN2O. The Morgan fingerprint density at radius 2 is 1.82 bits per heavy atom. The lowest BCUT2D eigenvalue weighted by atomic mass is 10.0. The first-order chi connectivity index (χ1) is 13.3. The highest BCUT2D eigenvalue weighted by Crippen LogP contribution is 2.27. The molecule has 140 valence electrons. The van der Waals surface area contributed by atoms with Crippen molar-refractivity contribution in [1.29, 1.82) is 5.26 Å². The Morgan fingerprint density at radius 3 is 2.46 bits per heavy atom. The Bertz CT molecular complexity index is 1160. The van der Waals surface area contributed by atoms with Crippen molar-refractivity contribution in [2.24, 2.45) is 0 Å². The summed E-state index contributed by atoms with van der Waals surface area (Å²) in [5.41, 5.74) is 2.48. The fourth-order valence-electron chi connectivity index (χ4n) is 3.06. The number of carbonyl (C=O) groups excluding carboxylic acids is 1. The molecule has 6 heteroatoms. The lowest BCUT2D eigenvalue weighted by Crippen LogP contribution is -2.06. The maximum Gasteiger partial charge on any atom is 0.205 e. The summed E-state index contributed by atoms with van der Waals surface area (Å²) < 4.78 is 15.9. The standard InChI is InChI=1S/C22H15Cl2FN2O/c1-13-9-17(14(2)27(13)21-6-4-3-5-20(21)25)22(28)16(12-26)10-15-7-8-18(23)19(24)11-15/h3-11H,1-2H3/b16-10-. The van der Waals surface area contributed by atoms with E-state index in [1.54, 1.807) is 60.9 Å². The molecule has 3 aromatic rings. The summed E-state index contributed by atoms with van der Waals surface area (Å²) in [5.74, 6) is -0.834. The maximum atomic E-state index is 14.2. The highest BCUT2D eigenvalue weighted by Gasteiger charge is 2.21. The number of nitrogens with zero attached hydrogens (tertiary/aromatic N) is 2. The number of Topliss-reactive ketones (excluding diaryl/α,β-unsaturated/α-hetero) is 1. The zero-order chi connectivity index (χ0) is 20.4. The summed E-state index contributed by atoms with van der Waals surface area (Å²) in [6.07, 6.45) is 1.46. The molecule has 0 saturated heterocycles. The number of aromatic nitrogens is 1. The van der Waals surface area contributed by atoms with E-state index in [4.69, 9.17) is 23.2 Å². The molecule has 0 saturated carbocycles. The SMILES string of the molecule is Cc1cc(C(=O)/C(C#N)=C\c2ccc(Cl)c(Cl)c2)c(C)n1-c1ccccc1F. The molecule has 0 spiro atoms. The summed E-state index contributed by atoms with van der Waals surface area (Å²) >= 11 is 11.9. The van der Waals surface area contributed by atoms with Crippen LogP contribution in [0.3, 0.4) is 0 Å². The third-order valence-corrected chi connectivity index (χ3v) is 5.13. The second-order valence-corrected chi connectivity index (χ2v) is 7.06. The molecule has 1 aromatic heterocycles. The average molecular weight is 413 g/mol. The van der Waals surface area contributed by atoms with Gasteiger partial charge >= 0.3 is 0 Å². The number of allylic oxidation sites excluding steroid dienone is 1. The molecule has 0 bridgehead atoms. The summed E-state index contributed by atoms with van der Waals surface area (Å²) in [4.78, 5) is 13.0. The minimum absolute atomic E-state index is 0.0489. The number of rotatable bonds is 4. The van der Waals surface area contributed by atoms with Gasteiger partial charge in [-0.1, -0.05) is 41.4 Å². The summed E-state index contributed by atoms with van der Waals surface area (Å²) in [6, 6.07) is 14.8. The van der Waals surface area contributed by atoms with E-state index in [0.717, 1.165) is 0 Å². The summed E-state index contributed by atoms with van der Waals surface area (Å²) in [6.45, 7) is 3.51. The number of hydrogen-bond acceptors (Lipinski definition) is 2. The van der Waals surface area contributed by atoms with Gasteiger partial charge in [0.1, 0.15) is 17.5 Å². The number of carbonyl (C=O) groups is 1. The van der Waals surface area contributed by atoms with Gasteiger partial charge in [0.15, 0.2) is 0 Å². The van der Waals surface area contributed by atoms with Crippen LogP contribution in [-0.4, -0.2) is 10.4 Å². The van der Waals surface area contributed by atoms with Gasteiger partial charge in [-0.2, -0.15) is 5.26 Å². The third-order valence-electron chi connectivity index (χ3n) is 4.39. The van der Waals surface area contributed by atoms with E-state index in [9.17, 15) is 14.4 Å². The van der Waals surface area contributed by atoms with Crippen LogP contribution >= 0.6 is 23.2 Å². The first-order valence-electron chi connectivity index (χ1n) is 8.39. The highest BCUT2D eigenvalue weighted by atomic mass is 35.5. The molecule has 0 fully saturated rings. The molecule has 0 N–H and O–H groups in total. The Balaban J connectivity index is 2.06. The van der Waals surface area contributed by atoms with Crippen molar-refractivity contribution >= 4 is 35.1 Å². The molecule has 0 amide bonds. The monoisotopic (exact) mass is 412 g/mol. The van der Waals surface area contributed by atoms with E-state index in [1.165, 1.54) is 12.1 Å². The molecule has 0 aliphatic rings. The van der Waals surface area contributed by atoms with Crippen LogP contribution in [0.5, 0.6) is 0 Å². The minimum Gasteiger partial charge on any atom is -0.315 e. The van der Waals surface area contributed by atoms with Crippen LogP contribution in [0.2, 0.25) is 10.0 Å². The third kappa shape index (κ3) is 3.73. The molecule has 2 aromatic carbocycles. The zero-order valence-corrected chi connectivity index (χ0v) is 16.6. The molecule has 3 nitrogen and oxygen atoms in total. The van der Waals surface area contributed by atoms with Crippen LogP contribution in [0, 0.1) is 31.0 Å². The van der Waals surface area contributed by atoms with Gasteiger partial charge in [-0.25, -0.2) is 4.39 Å². The number of halogens is 3. The second kappa shape index (κ2) is 8.02. The van der Waals surface area contributed by atoms with Crippen molar-refractivity contribution < 1.29 is 9.18 Å². The molecule has 0 aliphatic carbocycles. The van der Waals surface area contributed by atoms with Crippen molar-refractivity contribution in [3.63, 3.8) is 0 Å². The summed E-state index contributed by atoms with van der Waals surface area (Å²) in [7, 11) is 0. The molecule has 28 heavy (non-hydrogen) atoms. The van der Waals surface area contributed by atoms with Gasteiger partial charge < -0.3 is 4.57 Å². The number of aryl methyl sites for hydroxylation is 1. The van der Waals surface area contributed by atoms with Gasteiger partial charge in [0.2, 0.25) is 5.78 Å². The van der Waals surface area contributed by atoms with Crippen LogP contribution < -0.4 is 0 Å². The normalized spacial score (nSPS) is 11.4. The lowest BCUT2D eigenvalue weighted by Gasteiger charge is -2.10. The van der Waals surface area contributed by atoms with Crippen molar-refractivity contribution in [2.75, 3.05) is 0 Å².